The van der Waals surface area contributed by atoms with Crippen molar-refractivity contribution in [2.24, 2.45) is 10.9 Å². The maximum absolute atomic E-state index is 13.1. The zero-order valence-electron chi connectivity index (χ0n) is 21.7. The van der Waals surface area contributed by atoms with E-state index in [1.54, 1.807) is 23.0 Å². The summed E-state index contributed by atoms with van der Waals surface area (Å²) >= 11 is 3.57. The van der Waals surface area contributed by atoms with E-state index < -0.39 is 35.3 Å². The van der Waals surface area contributed by atoms with Crippen LogP contribution in [0.1, 0.15) is 5.82 Å². The molecule has 2 aliphatic rings. The van der Waals surface area contributed by atoms with Gasteiger partial charge in [-0.3, -0.25) is 14.5 Å². The molecule has 42 heavy (non-hydrogen) atoms. The summed E-state index contributed by atoms with van der Waals surface area (Å²) in [6.45, 7) is 0.344. The topological polar surface area (TPSA) is 234 Å². The minimum atomic E-state index is -1.25. The lowest BCUT2D eigenvalue weighted by atomic mass is 10.0. The number of aliphatic carboxylic acids is 1. The number of rotatable bonds is 11. The van der Waals surface area contributed by atoms with Gasteiger partial charge < -0.3 is 31.5 Å². The molecule has 0 aliphatic carbocycles. The number of nitrogens with one attached hydrogen (secondary N) is 1. The van der Waals surface area contributed by atoms with Crippen molar-refractivity contribution in [3.05, 3.63) is 41.6 Å². The van der Waals surface area contributed by atoms with Gasteiger partial charge in [0.05, 0.1) is 0 Å². The summed E-state index contributed by atoms with van der Waals surface area (Å²) in [5, 5.41) is 21.0. The van der Waals surface area contributed by atoms with Gasteiger partial charge in [-0.05, 0) is 6.07 Å². The quantitative estimate of drug-likeness (QED) is 0.0497. The van der Waals surface area contributed by atoms with Gasteiger partial charge in [-0.15, -0.1) is 16.3 Å². The molecule has 1 saturated heterocycles. The number of carboxylic acids is 1. The number of hydrogen-bond donors (Lipinski definition) is 4. The molecule has 1 fully saturated rings. The summed E-state index contributed by atoms with van der Waals surface area (Å²) in [5.41, 5.74) is 11.4. The Morgan fingerprint density at radius 2 is 2.17 bits per heavy atom. The third-order valence-corrected chi connectivity index (χ3v) is 8.79. The molecule has 17 nitrogen and oxygen atoms in total. The number of oxime groups is 1. The molecular weight excluding hydrogens is 613 g/mol. The number of nitrogens with zero attached hydrogens (tertiary/aromatic N) is 7. The van der Waals surface area contributed by atoms with Crippen LogP contribution in [-0.4, -0.2) is 95.2 Å². The molecule has 0 bridgehead atoms. The summed E-state index contributed by atoms with van der Waals surface area (Å²) in [6, 6.07) is 2.63. The molecule has 220 valence electrons. The number of fused-ring (bicyclic) bond motifs is 2. The molecule has 0 saturated carbocycles. The molecule has 0 unspecified atom stereocenters. The molecule has 3 aromatic rings. The van der Waals surface area contributed by atoms with E-state index in [4.69, 9.17) is 21.0 Å². The summed E-state index contributed by atoms with van der Waals surface area (Å²) in [6.07, 6.45) is 2.64. The maximum atomic E-state index is 13.1. The Balaban J connectivity index is 1.30. The fourth-order valence-electron chi connectivity index (χ4n) is 4.30. The standard InChI is InChI=1S/C22H22N10O7S3/c1-38-28-13(16-26-21(23)42-29-16)17(33)25-14-18(34)32-15(20(35)36)10(9-41-19(14)32)8-30-4-5-31-12(30)3-2-11(27-31)40-7-6-39-22(24)37/h2-5,14,19H,6-9H2,1H3,(H5-,23,24,25,26,29,33,35,36,37)/p+1/b28-13-/t14-,19-/m1/s1. The van der Waals surface area contributed by atoms with Gasteiger partial charge in [-0.1, -0.05) is 22.0 Å². The van der Waals surface area contributed by atoms with E-state index >= 15 is 0 Å². The Bertz CT molecular complexity index is 1640. The highest BCUT2D eigenvalue weighted by atomic mass is 32.2. The second kappa shape index (κ2) is 12.2. The summed E-state index contributed by atoms with van der Waals surface area (Å²) in [7, 11) is 1.24. The lowest BCUT2D eigenvalue weighted by Gasteiger charge is -2.49. The van der Waals surface area contributed by atoms with Crippen molar-refractivity contribution < 1.29 is 38.4 Å². The maximum Gasteiger partial charge on any atom is 0.404 e. The lowest BCUT2D eigenvalue weighted by molar-refractivity contribution is -0.662. The zero-order valence-corrected chi connectivity index (χ0v) is 24.1. The molecule has 6 N–H and O–H groups in total. The predicted molar refractivity (Wildman–Crippen MR) is 149 cm³/mol. The number of anilines is 1. The van der Waals surface area contributed by atoms with Crippen molar-refractivity contribution >= 4 is 75.4 Å². The second-order valence-electron chi connectivity index (χ2n) is 8.61. The number of imidazole rings is 1. The Kier molecular flexibility index (Phi) is 8.45. The molecular formula is C22H23N10O7S3+. The van der Waals surface area contributed by atoms with E-state index in [2.05, 4.69) is 24.9 Å². The molecule has 3 amide bonds. The normalized spacial score (nSPS) is 18.5. The molecule has 5 rings (SSSR count). The van der Waals surface area contributed by atoms with Crippen molar-refractivity contribution in [2.75, 3.05) is 31.0 Å². The molecule has 0 radical (unpaired) electrons. The van der Waals surface area contributed by atoms with Crippen LogP contribution in [-0.2, 0) is 30.5 Å². The first-order valence-corrected chi connectivity index (χ1v) is 14.8. The highest BCUT2D eigenvalue weighted by Crippen LogP contribution is 2.40. The summed E-state index contributed by atoms with van der Waals surface area (Å²) in [4.78, 5) is 58.9. The average Bonchev–Trinajstić information content (AvgIpc) is 3.57. The zero-order chi connectivity index (χ0) is 30.0. The number of nitrogen functional groups attached to an aromatic ring is 1. The van der Waals surface area contributed by atoms with Crippen LogP contribution < -0.4 is 21.4 Å². The molecule has 20 heteroatoms. The Labute approximate surface area is 249 Å². The number of β-lactam (4-membered cyclic amide) rings is 1. The van der Waals surface area contributed by atoms with Crippen LogP contribution in [0.5, 0.6) is 0 Å². The Morgan fingerprint density at radius 1 is 1.36 bits per heavy atom. The van der Waals surface area contributed by atoms with Crippen molar-refractivity contribution in [2.45, 2.75) is 23.0 Å². The fourth-order valence-corrected chi connectivity index (χ4v) is 6.75. The minimum absolute atomic E-state index is 0.0562. The average molecular weight is 636 g/mol. The first-order chi connectivity index (χ1) is 20.2. The van der Waals surface area contributed by atoms with Gasteiger partial charge in [0.25, 0.3) is 11.8 Å². The number of carboxylic acid groups (broad SMARTS) is 1. The van der Waals surface area contributed by atoms with Crippen molar-refractivity contribution in [3.63, 3.8) is 0 Å². The number of amides is 3. The van der Waals surface area contributed by atoms with Crippen LogP contribution in [0.4, 0.5) is 9.93 Å². The van der Waals surface area contributed by atoms with Gasteiger partial charge in [0.1, 0.15) is 48.6 Å². The van der Waals surface area contributed by atoms with Crippen LogP contribution in [0.15, 0.2) is 46.0 Å². The molecule has 2 aliphatic heterocycles. The smallest absolute Gasteiger partial charge is 0.404 e. The van der Waals surface area contributed by atoms with Gasteiger partial charge in [0, 0.05) is 34.7 Å². The monoisotopic (exact) mass is 635 g/mol. The Hall–Kier alpha value is -4.43. The molecule has 0 spiro atoms. The minimum Gasteiger partial charge on any atom is -0.477 e. The van der Waals surface area contributed by atoms with Crippen LogP contribution in [0.2, 0.25) is 0 Å². The van der Waals surface area contributed by atoms with Gasteiger partial charge in [0.2, 0.25) is 11.5 Å². The SMILES string of the molecule is CO/N=C(\C(=O)N[C@@H]1C(=O)N2C(C(=O)O)=C(C[n+]3ccn4nc(SCCOC(N)=O)ccc43)CS[C@H]12)c1nsc(N)n1. The van der Waals surface area contributed by atoms with Crippen LogP contribution >= 0.6 is 35.1 Å². The van der Waals surface area contributed by atoms with Crippen molar-refractivity contribution in [3.8, 4) is 0 Å². The van der Waals surface area contributed by atoms with Crippen LogP contribution in [0.3, 0.4) is 0 Å². The molecule has 5 heterocycles. The first kappa shape index (κ1) is 29.1. The molecule has 3 aromatic heterocycles. The number of carbonyl (C=O) groups excluding carboxylic acids is 3. The number of nitrogens with two attached hydrogens (primary N) is 2. The first-order valence-electron chi connectivity index (χ1n) is 12.0. The van der Waals surface area contributed by atoms with Crippen molar-refractivity contribution in [1.82, 2.24) is 29.2 Å². The van der Waals surface area contributed by atoms with Gasteiger partial charge in [-0.25, -0.2) is 14.2 Å². The van der Waals surface area contributed by atoms with Crippen molar-refractivity contribution in [1.29, 1.82) is 0 Å². The number of aromatic nitrogens is 5. The van der Waals surface area contributed by atoms with E-state index in [1.165, 1.54) is 35.5 Å². The summed E-state index contributed by atoms with van der Waals surface area (Å²) < 4.78 is 12.1. The highest BCUT2D eigenvalue weighted by molar-refractivity contribution is 8.00. The summed E-state index contributed by atoms with van der Waals surface area (Å²) in [5.74, 6) is -1.87. The van der Waals surface area contributed by atoms with E-state index in [0.717, 1.165) is 11.5 Å². The second-order valence-corrected chi connectivity index (χ2v) is 11.6. The Morgan fingerprint density at radius 3 is 2.86 bits per heavy atom. The van der Waals surface area contributed by atoms with Crippen LogP contribution in [0, 0.1) is 0 Å². The van der Waals surface area contributed by atoms with E-state index in [-0.39, 0.29) is 35.5 Å². The predicted octanol–water partition coefficient (Wildman–Crippen LogP) is -0.968. The number of ether oxygens (including phenoxy) is 1. The molecule has 0 aromatic carbocycles. The van der Waals surface area contributed by atoms with E-state index in [9.17, 15) is 24.3 Å². The number of hydrogen-bond acceptors (Lipinski definition) is 14. The molecule has 2 atom stereocenters. The number of thioether (sulfide) groups is 2. The van der Waals surface area contributed by atoms with Gasteiger partial charge in [0.15, 0.2) is 11.3 Å². The number of primary amides is 1. The van der Waals surface area contributed by atoms with Crippen LogP contribution in [0.25, 0.3) is 5.65 Å². The van der Waals surface area contributed by atoms with Gasteiger partial charge >= 0.3 is 17.7 Å². The number of carbonyl (C=O) groups is 4. The lowest BCUT2D eigenvalue weighted by Crippen LogP contribution is -2.71. The third kappa shape index (κ3) is 5.81. The van der Waals surface area contributed by atoms with Gasteiger partial charge in [-0.2, -0.15) is 9.36 Å². The van der Waals surface area contributed by atoms with E-state index in [1.807, 2.05) is 10.6 Å². The fraction of sp³-hybridized carbons (Fsp3) is 0.318. The third-order valence-electron chi connectivity index (χ3n) is 6.02. The van der Waals surface area contributed by atoms with E-state index in [0.29, 0.717) is 27.8 Å². The highest BCUT2D eigenvalue weighted by Gasteiger charge is 2.54. The largest absolute Gasteiger partial charge is 0.477 e.